The summed E-state index contributed by atoms with van der Waals surface area (Å²) < 4.78 is 5.97. The number of carbonyl (C=O) groups is 1. The number of ether oxygens (including phenoxy) is 1. The van der Waals surface area contributed by atoms with Crippen LogP contribution in [0.5, 0.6) is 5.75 Å². The highest BCUT2D eigenvalue weighted by Gasteiger charge is 2.33. The molecule has 1 aliphatic carbocycles. The highest BCUT2D eigenvalue weighted by molar-refractivity contribution is 6.30. The van der Waals surface area contributed by atoms with Crippen molar-refractivity contribution in [1.82, 2.24) is 5.32 Å². The van der Waals surface area contributed by atoms with Crippen molar-refractivity contribution in [1.29, 1.82) is 0 Å². The van der Waals surface area contributed by atoms with Gasteiger partial charge in [-0.2, -0.15) is 0 Å². The molecular formula is C27H29Cl2NO2. The van der Waals surface area contributed by atoms with Crippen molar-refractivity contribution in [3.8, 4) is 5.75 Å². The van der Waals surface area contributed by atoms with Crippen LogP contribution < -0.4 is 10.1 Å². The van der Waals surface area contributed by atoms with E-state index in [-0.39, 0.29) is 17.9 Å². The fraction of sp³-hybridized carbons (Fsp3) is 0.296. The largest absolute Gasteiger partial charge is 0.478 e. The van der Waals surface area contributed by atoms with Gasteiger partial charge in [-0.15, -0.1) is 0 Å². The van der Waals surface area contributed by atoms with Gasteiger partial charge in [0.05, 0.1) is 0 Å². The first kappa shape index (κ1) is 24.2. The topological polar surface area (TPSA) is 38.3 Å². The average Bonchev–Trinajstić information content (AvgIpc) is 3.04. The molecule has 1 N–H and O–H groups in total. The van der Waals surface area contributed by atoms with Crippen LogP contribution in [0.1, 0.15) is 32.8 Å². The monoisotopic (exact) mass is 469 g/mol. The highest BCUT2D eigenvalue weighted by atomic mass is 35.5. The van der Waals surface area contributed by atoms with E-state index in [1.165, 1.54) is 11.1 Å². The first-order chi connectivity index (χ1) is 15.2. The third kappa shape index (κ3) is 6.75. The summed E-state index contributed by atoms with van der Waals surface area (Å²) in [5.74, 6) is 0.557. The fourth-order valence-corrected chi connectivity index (χ4v) is 3.95. The van der Waals surface area contributed by atoms with Crippen LogP contribution in [0.4, 0.5) is 0 Å². The molecular weight excluding hydrogens is 441 g/mol. The lowest BCUT2D eigenvalue weighted by Crippen LogP contribution is -2.51. The van der Waals surface area contributed by atoms with E-state index in [4.69, 9.17) is 27.9 Å². The van der Waals surface area contributed by atoms with E-state index in [0.717, 1.165) is 12.8 Å². The Hall–Kier alpha value is -2.49. The van der Waals surface area contributed by atoms with Gasteiger partial charge in [-0.05, 0) is 75.6 Å². The summed E-state index contributed by atoms with van der Waals surface area (Å²) in [4.78, 5) is 13.2. The number of hydrogen-bond donors (Lipinski definition) is 1. The molecule has 1 aliphatic rings. The van der Waals surface area contributed by atoms with Crippen LogP contribution in [0.2, 0.25) is 10.0 Å². The Morgan fingerprint density at radius 2 is 1.62 bits per heavy atom. The van der Waals surface area contributed by atoms with Crippen LogP contribution in [-0.4, -0.2) is 17.6 Å². The number of hydrogen-bond acceptors (Lipinski definition) is 2. The minimum Gasteiger partial charge on any atom is -0.478 e. The first-order valence-electron chi connectivity index (χ1n) is 10.8. The molecule has 5 heteroatoms. The van der Waals surface area contributed by atoms with Crippen molar-refractivity contribution < 1.29 is 9.53 Å². The van der Waals surface area contributed by atoms with E-state index in [1.54, 1.807) is 38.1 Å². The molecule has 1 amide bonds. The Kier molecular flexibility index (Phi) is 8.22. The summed E-state index contributed by atoms with van der Waals surface area (Å²) >= 11 is 12.0. The standard InChI is InChI=1S/C27H29Cl2NO2/c1-19(30-26(31)27(2,3)32-24-16-14-23(29)15-17-24)25(21-8-6-4-5-7-9-21)18-20-10-12-22(28)13-11-20/h4-8,10-17,19,25H,9,18H2,1-3H3,(H,30,31). The average molecular weight is 470 g/mol. The molecule has 3 rings (SSSR count). The van der Waals surface area contributed by atoms with Crippen molar-refractivity contribution in [3.05, 3.63) is 100 Å². The molecule has 3 nitrogen and oxygen atoms in total. The third-order valence-corrected chi connectivity index (χ3v) is 6.07. The van der Waals surface area contributed by atoms with Gasteiger partial charge in [-0.1, -0.05) is 71.3 Å². The van der Waals surface area contributed by atoms with Gasteiger partial charge in [-0.3, -0.25) is 4.79 Å². The van der Waals surface area contributed by atoms with Gasteiger partial charge in [-0.25, -0.2) is 0 Å². The quantitative estimate of drug-likeness (QED) is 0.453. The van der Waals surface area contributed by atoms with E-state index >= 15 is 0 Å². The Morgan fingerprint density at radius 3 is 2.28 bits per heavy atom. The SMILES string of the molecule is CC(NC(=O)C(C)(C)Oc1ccc(Cl)cc1)C(Cc1ccc(Cl)cc1)C1=CC=CC=CC1. The van der Waals surface area contributed by atoms with Crippen LogP contribution in [0.15, 0.2) is 84.5 Å². The maximum absolute atomic E-state index is 13.2. The second-order valence-corrected chi connectivity index (χ2v) is 9.40. The second kappa shape index (κ2) is 10.9. The summed E-state index contributed by atoms with van der Waals surface area (Å²) in [5.41, 5.74) is 1.41. The Morgan fingerprint density at radius 1 is 1.00 bits per heavy atom. The normalized spacial score (nSPS) is 15.5. The van der Waals surface area contributed by atoms with Crippen LogP contribution >= 0.6 is 23.2 Å². The number of nitrogens with one attached hydrogen (secondary N) is 1. The molecule has 0 aliphatic heterocycles. The first-order valence-corrected chi connectivity index (χ1v) is 11.5. The van der Waals surface area contributed by atoms with Gasteiger partial charge in [0.2, 0.25) is 0 Å². The minimum absolute atomic E-state index is 0.0996. The maximum atomic E-state index is 13.2. The minimum atomic E-state index is -1.04. The number of allylic oxidation sites excluding steroid dienone is 5. The summed E-state index contributed by atoms with van der Waals surface area (Å²) in [7, 11) is 0. The van der Waals surface area contributed by atoms with Crippen molar-refractivity contribution >= 4 is 29.1 Å². The highest BCUT2D eigenvalue weighted by Crippen LogP contribution is 2.27. The molecule has 0 fully saturated rings. The van der Waals surface area contributed by atoms with Crippen LogP contribution in [0, 0.1) is 5.92 Å². The summed E-state index contributed by atoms with van der Waals surface area (Å²) in [6.07, 6.45) is 12.1. The predicted octanol–water partition coefficient (Wildman–Crippen LogP) is 6.96. The lowest BCUT2D eigenvalue weighted by molar-refractivity contribution is -0.135. The zero-order valence-corrected chi connectivity index (χ0v) is 20.2. The zero-order valence-electron chi connectivity index (χ0n) is 18.6. The van der Waals surface area contributed by atoms with E-state index in [1.807, 2.05) is 30.3 Å². The Balaban J connectivity index is 1.76. The van der Waals surface area contributed by atoms with Crippen molar-refractivity contribution in [3.63, 3.8) is 0 Å². The summed E-state index contributed by atoms with van der Waals surface area (Å²) in [5, 5.41) is 4.53. The van der Waals surface area contributed by atoms with Gasteiger partial charge in [0.15, 0.2) is 5.60 Å². The maximum Gasteiger partial charge on any atom is 0.263 e. The molecule has 32 heavy (non-hydrogen) atoms. The molecule has 2 aromatic rings. The van der Waals surface area contributed by atoms with Crippen molar-refractivity contribution in [2.24, 2.45) is 5.92 Å². The predicted molar refractivity (Wildman–Crippen MR) is 133 cm³/mol. The van der Waals surface area contributed by atoms with Crippen LogP contribution in [0.25, 0.3) is 0 Å². The van der Waals surface area contributed by atoms with Crippen LogP contribution in [0.3, 0.4) is 0 Å². The second-order valence-electron chi connectivity index (χ2n) is 8.52. The third-order valence-electron chi connectivity index (χ3n) is 5.56. The van der Waals surface area contributed by atoms with Gasteiger partial charge >= 0.3 is 0 Å². The lowest BCUT2D eigenvalue weighted by Gasteiger charge is -2.31. The van der Waals surface area contributed by atoms with Gasteiger partial charge in [0, 0.05) is 22.0 Å². The van der Waals surface area contributed by atoms with Crippen molar-refractivity contribution in [2.45, 2.75) is 45.3 Å². The number of benzene rings is 2. The van der Waals surface area contributed by atoms with Gasteiger partial charge in [0.1, 0.15) is 5.75 Å². The molecule has 2 unspecified atom stereocenters. The fourth-order valence-electron chi connectivity index (χ4n) is 3.70. The molecule has 0 bridgehead atoms. The molecule has 168 valence electrons. The summed E-state index contributed by atoms with van der Waals surface area (Å²) in [6.45, 7) is 5.60. The van der Waals surface area contributed by atoms with E-state index < -0.39 is 5.60 Å². The molecule has 0 spiro atoms. The number of carbonyl (C=O) groups excluding carboxylic acids is 1. The summed E-state index contributed by atoms with van der Waals surface area (Å²) in [6, 6.07) is 14.8. The smallest absolute Gasteiger partial charge is 0.263 e. The zero-order chi connectivity index (χ0) is 23.1. The molecule has 0 saturated heterocycles. The Bertz CT molecular complexity index is 1000. The molecule has 0 saturated carbocycles. The molecule has 2 atom stereocenters. The van der Waals surface area contributed by atoms with E-state index in [0.29, 0.717) is 15.8 Å². The van der Waals surface area contributed by atoms with E-state index in [9.17, 15) is 4.79 Å². The number of rotatable bonds is 8. The lowest BCUT2D eigenvalue weighted by atomic mass is 9.84. The van der Waals surface area contributed by atoms with Gasteiger partial charge in [0.25, 0.3) is 5.91 Å². The molecule has 0 aromatic heterocycles. The van der Waals surface area contributed by atoms with Crippen molar-refractivity contribution in [2.75, 3.05) is 0 Å². The van der Waals surface area contributed by atoms with Crippen LogP contribution in [-0.2, 0) is 11.2 Å². The molecule has 2 aromatic carbocycles. The Labute approximate surface area is 200 Å². The number of amides is 1. The number of halogens is 2. The molecule has 0 heterocycles. The molecule has 0 radical (unpaired) electrons. The van der Waals surface area contributed by atoms with E-state index in [2.05, 4.69) is 36.5 Å². The van der Waals surface area contributed by atoms with Gasteiger partial charge < -0.3 is 10.1 Å².